The molecule has 254 valence electrons. The number of carbonyl (C=O) groups excluding carboxylic acids is 2. The zero-order valence-electron chi connectivity index (χ0n) is 27.4. The van der Waals surface area contributed by atoms with Crippen molar-refractivity contribution in [2.24, 2.45) is 0 Å². The third kappa shape index (κ3) is 10.5. The lowest BCUT2D eigenvalue weighted by atomic mass is 9.95. The van der Waals surface area contributed by atoms with E-state index < -0.39 is 51.1 Å². The van der Waals surface area contributed by atoms with Crippen molar-refractivity contribution in [1.29, 1.82) is 0 Å². The molecule has 0 bridgehead atoms. The summed E-state index contributed by atoms with van der Waals surface area (Å²) < 4.78 is 49.6. The van der Waals surface area contributed by atoms with Gasteiger partial charge in [-0.15, -0.1) is 0 Å². The SMILES string of the molecule is CC(C)(C)OC(=O)N[C@H](Cc1cc(F)c(Oc2cc(Cl)nc3c2ccn3COCCS(C)(C)C)c(F)c1)C(=O)NC1CCCCC1. The molecule has 0 saturated heterocycles. The molecule has 9 nitrogen and oxygen atoms in total. The molecule has 1 aliphatic carbocycles. The zero-order valence-corrected chi connectivity index (χ0v) is 29.0. The number of rotatable bonds is 12. The summed E-state index contributed by atoms with van der Waals surface area (Å²) in [6.45, 7) is 5.93. The van der Waals surface area contributed by atoms with Gasteiger partial charge >= 0.3 is 6.09 Å². The molecule has 1 fully saturated rings. The molecule has 46 heavy (non-hydrogen) atoms. The molecule has 2 amide bonds. The predicted octanol–water partition coefficient (Wildman–Crippen LogP) is 7.31. The lowest BCUT2D eigenvalue weighted by Crippen LogP contribution is -2.51. The summed E-state index contributed by atoms with van der Waals surface area (Å²) in [5.74, 6) is -1.96. The summed E-state index contributed by atoms with van der Waals surface area (Å²) in [6.07, 6.45) is 12.2. The Morgan fingerprint density at radius 1 is 1.11 bits per heavy atom. The second-order valence-corrected chi connectivity index (χ2v) is 18.5. The predicted molar refractivity (Wildman–Crippen MR) is 179 cm³/mol. The van der Waals surface area contributed by atoms with Crippen LogP contribution in [0.1, 0.15) is 58.4 Å². The second-order valence-electron chi connectivity index (χ2n) is 13.5. The van der Waals surface area contributed by atoms with Crippen molar-refractivity contribution in [3.63, 3.8) is 0 Å². The first-order valence-corrected chi connectivity index (χ1v) is 18.8. The Kier molecular flexibility index (Phi) is 11.8. The van der Waals surface area contributed by atoms with Gasteiger partial charge in [0.2, 0.25) is 5.91 Å². The van der Waals surface area contributed by atoms with Gasteiger partial charge in [0.25, 0.3) is 0 Å². The normalized spacial score (nSPS) is 15.4. The average molecular weight is 683 g/mol. The van der Waals surface area contributed by atoms with Gasteiger partial charge in [-0.3, -0.25) is 4.79 Å². The van der Waals surface area contributed by atoms with Crippen LogP contribution in [-0.4, -0.2) is 70.4 Å². The minimum atomic E-state index is -1.12. The number of fused-ring (bicyclic) bond motifs is 1. The highest BCUT2D eigenvalue weighted by Crippen LogP contribution is 2.36. The molecule has 2 heterocycles. The minimum absolute atomic E-state index is 0.0247. The number of amides is 2. The van der Waals surface area contributed by atoms with Crippen LogP contribution in [0, 0.1) is 11.6 Å². The first-order chi connectivity index (χ1) is 21.6. The molecule has 0 radical (unpaired) electrons. The van der Waals surface area contributed by atoms with Crippen LogP contribution in [0.5, 0.6) is 11.5 Å². The number of nitrogens with zero attached hydrogens (tertiary/aromatic N) is 2. The highest BCUT2D eigenvalue weighted by atomic mass is 35.5. The highest BCUT2D eigenvalue weighted by molar-refractivity contribution is 8.32. The van der Waals surface area contributed by atoms with Crippen molar-refractivity contribution >= 4 is 44.7 Å². The maximum absolute atomic E-state index is 15.5. The second kappa shape index (κ2) is 15.2. The molecule has 0 aliphatic heterocycles. The molecule has 1 aromatic carbocycles. The van der Waals surface area contributed by atoms with Crippen LogP contribution in [0.15, 0.2) is 30.5 Å². The third-order valence-corrected chi connectivity index (χ3v) is 8.99. The molecule has 3 aromatic rings. The Labute approximate surface area is 276 Å². The Bertz CT molecular complexity index is 1510. The number of aromatic nitrogens is 2. The number of pyridine rings is 1. The van der Waals surface area contributed by atoms with Gasteiger partial charge in [-0.2, -0.15) is 0 Å². The van der Waals surface area contributed by atoms with Crippen LogP contribution >= 0.6 is 21.6 Å². The van der Waals surface area contributed by atoms with Crippen molar-refractivity contribution < 1.29 is 32.6 Å². The van der Waals surface area contributed by atoms with E-state index in [1.807, 2.05) is 0 Å². The Balaban J connectivity index is 1.52. The van der Waals surface area contributed by atoms with E-state index in [-0.39, 0.29) is 35.7 Å². The van der Waals surface area contributed by atoms with Gasteiger partial charge in [-0.1, -0.05) is 30.9 Å². The smallest absolute Gasteiger partial charge is 0.408 e. The molecule has 1 atom stereocenters. The van der Waals surface area contributed by atoms with Gasteiger partial charge in [-0.25, -0.2) is 28.6 Å². The number of ether oxygens (including phenoxy) is 3. The quantitative estimate of drug-likeness (QED) is 0.153. The summed E-state index contributed by atoms with van der Waals surface area (Å²) in [4.78, 5) is 30.2. The minimum Gasteiger partial charge on any atom is -0.450 e. The molecule has 0 spiro atoms. The maximum atomic E-state index is 15.5. The van der Waals surface area contributed by atoms with Gasteiger partial charge in [0.1, 0.15) is 34.9 Å². The monoisotopic (exact) mass is 682 g/mol. The fraction of sp³-hybridized carbons (Fsp3) is 0.545. The van der Waals surface area contributed by atoms with E-state index in [0.29, 0.717) is 17.6 Å². The molecule has 1 aliphatic rings. The summed E-state index contributed by atoms with van der Waals surface area (Å²) >= 11 is 6.27. The van der Waals surface area contributed by atoms with Crippen molar-refractivity contribution in [2.75, 3.05) is 31.1 Å². The average Bonchev–Trinajstić information content (AvgIpc) is 3.34. The number of benzene rings is 1. The standard InChI is InChI=1S/C33H45ClF2N4O5S/c1-33(2,3)45-32(42)38-26(31(41)37-22-10-8-7-9-11-22)18-21-16-24(35)29(25(36)17-21)44-27-19-28(34)39-30-23(27)12-13-40(30)20-43-14-15-46(4,5)6/h12-13,16-17,19,22,26H,7-11,14-15,18,20H2,1-6H3,(H,37,41)(H,38,42)/t26-/m1/s1. The topological polar surface area (TPSA) is 104 Å². The Morgan fingerprint density at radius 2 is 1.78 bits per heavy atom. The van der Waals surface area contributed by atoms with Crippen LogP contribution in [0.3, 0.4) is 0 Å². The summed E-state index contributed by atoms with van der Waals surface area (Å²) in [5.41, 5.74) is -0.197. The summed E-state index contributed by atoms with van der Waals surface area (Å²) in [5, 5.41) is 6.14. The molecular weight excluding hydrogens is 638 g/mol. The van der Waals surface area contributed by atoms with E-state index in [9.17, 15) is 9.59 Å². The molecular formula is C33H45ClF2N4O5S. The zero-order chi connectivity index (χ0) is 33.6. The number of carbonyl (C=O) groups is 2. The largest absolute Gasteiger partial charge is 0.450 e. The molecule has 2 N–H and O–H groups in total. The van der Waals surface area contributed by atoms with Gasteiger partial charge in [0.15, 0.2) is 17.4 Å². The van der Waals surface area contributed by atoms with Crippen molar-refractivity contribution in [1.82, 2.24) is 20.2 Å². The van der Waals surface area contributed by atoms with Crippen LogP contribution < -0.4 is 15.4 Å². The molecule has 1 saturated carbocycles. The number of nitrogens with one attached hydrogen (secondary N) is 2. The Hall–Kier alpha value is -3.09. The van der Waals surface area contributed by atoms with E-state index in [1.54, 1.807) is 37.6 Å². The number of alkyl carbamates (subject to hydrolysis) is 1. The van der Waals surface area contributed by atoms with Crippen LogP contribution in [0.4, 0.5) is 13.6 Å². The molecule has 2 aromatic heterocycles. The van der Waals surface area contributed by atoms with E-state index in [0.717, 1.165) is 50.0 Å². The fourth-order valence-electron chi connectivity index (χ4n) is 5.14. The number of hydrogen-bond donors (Lipinski definition) is 2. The van der Waals surface area contributed by atoms with E-state index >= 15 is 8.78 Å². The molecule has 13 heteroatoms. The van der Waals surface area contributed by atoms with Crippen LogP contribution in [0.2, 0.25) is 5.15 Å². The van der Waals surface area contributed by atoms with Gasteiger partial charge < -0.3 is 29.4 Å². The maximum Gasteiger partial charge on any atom is 0.408 e. The third-order valence-electron chi connectivity index (χ3n) is 7.40. The van der Waals surface area contributed by atoms with Gasteiger partial charge in [-0.05, 0) is 76.1 Å². The first-order valence-electron chi connectivity index (χ1n) is 15.4. The number of halogens is 3. The van der Waals surface area contributed by atoms with E-state index in [4.69, 9.17) is 25.8 Å². The van der Waals surface area contributed by atoms with Gasteiger partial charge in [0.05, 0.1) is 12.0 Å². The lowest BCUT2D eigenvalue weighted by molar-refractivity contribution is -0.124. The van der Waals surface area contributed by atoms with E-state index in [2.05, 4.69) is 34.4 Å². The first kappa shape index (κ1) is 35.8. The molecule has 4 rings (SSSR count). The van der Waals surface area contributed by atoms with Crippen LogP contribution in [0.25, 0.3) is 11.0 Å². The van der Waals surface area contributed by atoms with Gasteiger partial charge in [0, 0.05) is 30.5 Å². The summed E-state index contributed by atoms with van der Waals surface area (Å²) in [6, 6.07) is 4.14. The van der Waals surface area contributed by atoms with E-state index in [1.165, 1.54) is 6.07 Å². The van der Waals surface area contributed by atoms with Crippen molar-refractivity contribution in [3.8, 4) is 11.5 Å². The van der Waals surface area contributed by atoms with Crippen molar-refractivity contribution in [3.05, 3.63) is 52.8 Å². The number of hydrogen-bond acceptors (Lipinski definition) is 6. The summed E-state index contributed by atoms with van der Waals surface area (Å²) in [7, 11) is -0.703. The fourth-order valence-corrected chi connectivity index (χ4v) is 5.94. The van der Waals surface area contributed by atoms with Crippen LogP contribution in [-0.2, 0) is 27.4 Å². The van der Waals surface area contributed by atoms with Crippen molar-refractivity contribution in [2.45, 2.75) is 83.7 Å². The lowest BCUT2D eigenvalue weighted by Gasteiger charge is -2.27. The highest BCUT2D eigenvalue weighted by Gasteiger charge is 2.28. The molecule has 0 unspecified atom stereocenters. The Morgan fingerprint density at radius 3 is 2.41 bits per heavy atom.